The first-order valence-electron chi connectivity index (χ1n) is 5.16. The maximum absolute atomic E-state index is 11.7. The molecule has 88 valence electrons. The Morgan fingerprint density at radius 3 is 2.71 bits per heavy atom. The summed E-state index contributed by atoms with van der Waals surface area (Å²) in [6, 6.07) is 9.13. The molecule has 0 aliphatic heterocycles. The van der Waals surface area contributed by atoms with Crippen molar-refractivity contribution in [3.05, 3.63) is 36.0 Å². The van der Waals surface area contributed by atoms with Crippen molar-refractivity contribution in [3.8, 4) is 0 Å². The van der Waals surface area contributed by atoms with Gasteiger partial charge in [0.25, 0.3) is 5.91 Å². The fourth-order valence-electron chi connectivity index (χ4n) is 1.47. The lowest BCUT2D eigenvalue weighted by atomic mass is 10.2. The van der Waals surface area contributed by atoms with Gasteiger partial charge in [0.1, 0.15) is 5.69 Å². The van der Waals surface area contributed by atoms with E-state index in [9.17, 15) is 9.59 Å². The van der Waals surface area contributed by atoms with E-state index in [1.807, 2.05) is 24.3 Å². The molecule has 5 nitrogen and oxygen atoms in total. The number of nitrogens with two attached hydrogens (primary N) is 1. The first-order valence-corrected chi connectivity index (χ1v) is 5.16. The summed E-state index contributed by atoms with van der Waals surface area (Å²) in [6.45, 7) is 1.43. The average molecular weight is 232 g/mol. The molecule has 3 N–H and O–H groups in total. The van der Waals surface area contributed by atoms with Crippen LogP contribution in [0.1, 0.15) is 17.4 Å². The highest BCUT2D eigenvalue weighted by Gasteiger charge is 2.17. The zero-order valence-corrected chi connectivity index (χ0v) is 9.27. The van der Waals surface area contributed by atoms with E-state index >= 15 is 0 Å². The van der Waals surface area contributed by atoms with E-state index in [0.717, 1.165) is 10.9 Å². The molecule has 1 aromatic heterocycles. The van der Waals surface area contributed by atoms with Crippen molar-refractivity contribution >= 4 is 22.8 Å². The van der Waals surface area contributed by atoms with E-state index in [1.165, 1.54) is 6.92 Å². The molecular weight excluding hydrogens is 220 g/mol. The van der Waals surface area contributed by atoms with Gasteiger partial charge in [-0.25, -0.2) is 4.79 Å². The van der Waals surface area contributed by atoms with Crippen LogP contribution in [0.3, 0.4) is 0 Å². The Kier molecular flexibility index (Phi) is 2.82. The number of ether oxygens (including phenoxy) is 1. The second-order valence-corrected chi connectivity index (χ2v) is 3.72. The SMILES string of the molecule is C[C@H](OC(=O)c1cc2ccccc2[nH]1)C(N)=O. The zero-order chi connectivity index (χ0) is 12.4. The normalized spacial score (nSPS) is 12.3. The standard InChI is InChI=1S/C12H12N2O3/c1-7(11(13)15)17-12(16)10-6-8-4-2-3-5-9(8)14-10/h2-7,14H,1H3,(H2,13,15)/t7-/m0/s1. The van der Waals surface area contributed by atoms with Crippen LogP contribution >= 0.6 is 0 Å². The number of benzene rings is 1. The Bertz CT molecular complexity index is 541. The Labute approximate surface area is 97.6 Å². The predicted molar refractivity (Wildman–Crippen MR) is 62.4 cm³/mol. The molecule has 0 spiro atoms. The molecule has 1 atom stereocenters. The summed E-state index contributed by atoms with van der Waals surface area (Å²) in [5.74, 6) is -1.26. The Morgan fingerprint density at radius 1 is 1.35 bits per heavy atom. The Hall–Kier alpha value is -2.30. The fourth-order valence-corrected chi connectivity index (χ4v) is 1.47. The molecule has 0 radical (unpaired) electrons. The second kappa shape index (κ2) is 4.29. The zero-order valence-electron chi connectivity index (χ0n) is 9.27. The Morgan fingerprint density at radius 2 is 2.06 bits per heavy atom. The third kappa shape index (κ3) is 2.28. The van der Waals surface area contributed by atoms with E-state index in [2.05, 4.69) is 4.98 Å². The van der Waals surface area contributed by atoms with Gasteiger partial charge in [-0.3, -0.25) is 4.79 Å². The number of amides is 1. The van der Waals surface area contributed by atoms with E-state index in [4.69, 9.17) is 10.5 Å². The van der Waals surface area contributed by atoms with Gasteiger partial charge in [0.2, 0.25) is 0 Å². The van der Waals surface area contributed by atoms with Crippen LogP contribution in [0.4, 0.5) is 0 Å². The number of aromatic amines is 1. The summed E-state index contributed by atoms with van der Waals surface area (Å²) in [7, 11) is 0. The maximum atomic E-state index is 11.7. The molecule has 1 amide bonds. The minimum Gasteiger partial charge on any atom is -0.448 e. The molecule has 17 heavy (non-hydrogen) atoms. The summed E-state index contributed by atoms with van der Waals surface area (Å²) in [6.07, 6.45) is -0.936. The van der Waals surface area contributed by atoms with Gasteiger partial charge in [0.05, 0.1) is 0 Å². The molecule has 0 unspecified atom stereocenters. The molecule has 1 aromatic carbocycles. The number of para-hydroxylation sites is 1. The lowest BCUT2D eigenvalue weighted by Crippen LogP contribution is -2.30. The maximum Gasteiger partial charge on any atom is 0.355 e. The summed E-state index contributed by atoms with van der Waals surface area (Å²) < 4.78 is 4.88. The molecule has 0 aliphatic carbocycles. The average Bonchev–Trinajstić information content (AvgIpc) is 2.72. The van der Waals surface area contributed by atoms with Gasteiger partial charge in [-0.1, -0.05) is 18.2 Å². The minimum absolute atomic E-state index is 0.305. The molecule has 1 heterocycles. The summed E-state index contributed by atoms with van der Waals surface area (Å²) in [4.78, 5) is 25.4. The fraction of sp³-hybridized carbons (Fsp3) is 0.167. The van der Waals surface area contributed by atoms with E-state index < -0.39 is 18.0 Å². The third-order valence-electron chi connectivity index (χ3n) is 2.43. The van der Waals surface area contributed by atoms with Crippen LogP contribution < -0.4 is 5.73 Å². The van der Waals surface area contributed by atoms with Gasteiger partial charge in [-0.05, 0) is 19.1 Å². The van der Waals surface area contributed by atoms with Crippen molar-refractivity contribution in [3.63, 3.8) is 0 Å². The first kappa shape index (κ1) is 11.2. The number of fused-ring (bicyclic) bond motifs is 1. The molecule has 0 saturated carbocycles. The predicted octanol–water partition coefficient (Wildman–Crippen LogP) is 1.20. The Balaban J connectivity index is 2.22. The van der Waals surface area contributed by atoms with Gasteiger partial charge in [-0.15, -0.1) is 0 Å². The lowest BCUT2D eigenvalue weighted by Gasteiger charge is -2.07. The summed E-state index contributed by atoms with van der Waals surface area (Å²) in [5, 5.41) is 0.908. The highest BCUT2D eigenvalue weighted by atomic mass is 16.5. The van der Waals surface area contributed by atoms with Gasteiger partial charge in [0, 0.05) is 10.9 Å². The van der Waals surface area contributed by atoms with Gasteiger partial charge in [-0.2, -0.15) is 0 Å². The number of nitrogens with one attached hydrogen (secondary N) is 1. The van der Waals surface area contributed by atoms with Crippen molar-refractivity contribution in [1.82, 2.24) is 4.98 Å². The first-order chi connectivity index (χ1) is 8.08. The van der Waals surface area contributed by atoms with Crippen molar-refractivity contribution < 1.29 is 14.3 Å². The van der Waals surface area contributed by atoms with Gasteiger partial charge >= 0.3 is 5.97 Å². The van der Waals surface area contributed by atoms with Gasteiger partial charge in [0.15, 0.2) is 6.10 Å². The number of H-pyrrole nitrogens is 1. The number of hydrogen-bond acceptors (Lipinski definition) is 3. The molecule has 0 aliphatic rings. The molecular formula is C12H12N2O3. The number of esters is 1. The van der Waals surface area contributed by atoms with Crippen molar-refractivity contribution in [2.75, 3.05) is 0 Å². The number of hydrogen-bond donors (Lipinski definition) is 2. The second-order valence-electron chi connectivity index (χ2n) is 3.72. The minimum atomic E-state index is -0.936. The number of aromatic nitrogens is 1. The topological polar surface area (TPSA) is 85.2 Å². The summed E-state index contributed by atoms with van der Waals surface area (Å²) >= 11 is 0. The smallest absolute Gasteiger partial charge is 0.355 e. The van der Waals surface area contributed by atoms with Crippen LogP contribution in [0.2, 0.25) is 0 Å². The quantitative estimate of drug-likeness (QED) is 0.779. The summed E-state index contributed by atoms with van der Waals surface area (Å²) in [5.41, 5.74) is 6.16. The highest BCUT2D eigenvalue weighted by molar-refractivity contribution is 5.96. The largest absolute Gasteiger partial charge is 0.448 e. The van der Waals surface area contributed by atoms with Crippen LogP contribution in [0.5, 0.6) is 0 Å². The highest BCUT2D eigenvalue weighted by Crippen LogP contribution is 2.15. The van der Waals surface area contributed by atoms with Crippen LogP contribution in [0, 0.1) is 0 Å². The van der Waals surface area contributed by atoms with Crippen LogP contribution in [0.25, 0.3) is 10.9 Å². The lowest BCUT2D eigenvalue weighted by molar-refractivity contribution is -0.125. The van der Waals surface area contributed by atoms with E-state index in [-0.39, 0.29) is 0 Å². The van der Waals surface area contributed by atoms with Crippen LogP contribution in [-0.4, -0.2) is 23.0 Å². The molecule has 2 rings (SSSR count). The monoisotopic (exact) mass is 232 g/mol. The molecule has 0 fully saturated rings. The molecule has 0 saturated heterocycles. The molecule has 2 aromatic rings. The van der Waals surface area contributed by atoms with Crippen molar-refractivity contribution in [2.24, 2.45) is 5.73 Å². The number of primary amides is 1. The third-order valence-corrected chi connectivity index (χ3v) is 2.43. The van der Waals surface area contributed by atoms with Crippen molar-refractivity contribution in [2.45, 2.75) is 13.0 Å². The number of carbonyl (C=O) groups is 2. The number of carbonyl (C=O) groups excluding carboxylic acids is 2. The van der Waals surface area contributed by atoms with E-state index in [1.54, 1.807) is 6.07 Å². The van der Waals surface area contributed by atoms with Crippen molar-refractivity contribution in [1.29, 1.82) is 0 Å². The number of rotatable bonds is 3. The van der Waals surface area contributed by atoms with Gasteiger partial charge < -0.3 is 15.5 Å². The van der Waals surface area contributed by atoms with E-state index in [0.29, 0.717) is 5.69 Å². The van der Waals surface area contributed by atoms with Crippen LogP contribution in [-0.2, 0) is 9.53 Å². The van der Waals surface area contributed by atoms with Crippen LogP contribution in [0.15, 0.2) is 30.3 Å². The molecule has 0 bridgehead atoms. The molecule has 5 heteroatoms.